The van der Waals surface area contributed by atoms with Gasteiger partial charge in [-0.05, 0) is 42.7 Å². The van der Waals surface area contributed by atoms with E-state index < -0.39 is 12.2 Å². The monoisotopic (exact) mass is 437 g/mol. The Balaban J connectivity index is 1.67. The maximum absolute atomic E-state index is 13.8. The van der Waals surface area contributed by atoms with Crippen molar-refractivity contribution in [3.63, 3.8) is 0 Å². The van der Waals surface area contributed by atoms with E-state index in [9.17, 15) is 14.3 Å². The fraction of sp³-hybridized carbons (Fsp3) is 0.423. The minimum Gasteiger partial charge on any atom is -0.393 e. The summed E-state index contributed by atoms with van der Waals surface area (Å²) in [6.45, 7) is 0.534. The normalized spacial score (nSPS) is 26.1. The third-order valence-electron chi connectivity index (χ3n) is 7.12. The summed E-state index contributed by atoms with van der Waals surface area (Å²) >= 11 is 0. The molecule has 4 rings (SSSR count). The number of aliphatic hydroxyl groups is 1. The van der Waals surface area contributed by atoms with E-state index in [1.54, 1.807) is 16.8 Å². The number of likely N-dealkylation sites (tertiary alicyclic amines) is 1. The molecular formula is C26H32FN3O2. The summed E-state index contributed by atoms with van der Waals surface area (Å²) in [7, 11) is 3.74. The van der Waals surface area contributed by atoms with Crippen LogP contribution >= 0.6 is 0 Å². The van der Waals surface area contributed by atoms with Gasteiger partial charge in [0.15, 0.2) is 0 Å². The zero-order valence-corrected chi connectivity index (χ0v) is 18.8. The Labute approximate surface area is 189 Å². The number of urea groups is 1. The number of nitrogens with zero attached hydrogens (tertiary/aromatic N) is 3. The zero-order chi connectivity index (χ0) is 22.7. The highest BCUT2D eigenvalue weighted by Gasteiger charge is 2.46. The van der Waals surface area contributed by atoms with E-state index in [-0.39, 0.29) is 24.7 Å². The number of rotatable bonds is 5. The molecule has 32 heavy (non-hydrogen) atoms. The van der Waals surface area contributed by atoms with Gasteiger partial charge in [-0.25, -0.2) is 9.18 Å². The Kier molecular flexibility index (Phi) is 6.63. The molecule has 6 heteroatoms. The topological polar surface area (TPSA) is 47.0 Å². The molecule has 0 radical (unpaired) electrons. The van der Waals surface area contributed by atoms with Crippen LogP contribution in [-0.4, -0.2) is 78.4 Å². The van der Waals surface area contributed by atoms with Crippen LogP contribution < -0.4 is 0 Å². The highest BCUT2D eigenvalue weighted by molar-refractivity contribution is 5.83. The van der Waals surface area contributed by atoms with Crippen molar-refractivity contribution in [2.75, 3.05) is 40.5 Å². The van der Waals surface area contributed by atoms with Crippen molar-refractivity contribution >= 4 is 11.6 Å². The van der Waals surface area contributed by atoms with Crippen molar-refractivity contribution in [2.24, 2.45) is 0 Å². The Morgan fingerprint density at radius 2 is 1.81 bits per heavy atom. The van der Waals surface area contributed by atoms with E-state index in [0.29, 0.717) is 13.0 Å². The van der Waals surface area contributed by atoms with E-state index in [0.717, 1.165) is 29.7 Å². The minimum absolute atomic E-state index is 0.0348. The number of halogens is 1. The summed E-state index contributed by atoms with van der Waals surface area (Å²) < 4.78 is 13.5. The summed E-state index contributed by atoms with van der Waals surface area (Å²) in [5.74, 6) is 0. The van der Waals surface area contributed by atoms with Crippen molar-refractivity contribution in [1.29, 1.82) is 0 Å². The molecule has 0 unspecified atom stereocenters. The number of amides is 2. The number of carbonyl (C=O) groups is 1. The maximum atomic E-state index is 13.8. The molecule has 5 nitrogen and oxygen atoms in total. The quantitative estimate of drug-likeness (QED) is 0.775. The lowest BCUT2D eigenvalue weighted by Gasteiger charge is -2.44. The first-order chi connectivity index (χ1) is 15.5. The van der Waals surface area contributed by atoms with Crippen molar-refractivity contribution in [2.45, 2.75) is 30.5 Å². The van der Waals surface area contributed by atoms with Crippen molar-refractivity contribution < 1.29 is 14.3 Å². The van der Waals surface area contributed by atoms with Crippen molar-refractivity contribution in [1.82, 2.24) is 14.7 Å². The Morgan fingerprint density at radius 3 is 2.44 bits per heavy atom. The largest absolute Gasteiger partial charge is 0.393 e. The number of piperidine rings is 1. The molecule has 2 aromatic carbocycles. The highest BCUT2D eigenvalue weighted by atomic mass is 19.1. The minimum atomic E-state index is -0.942. The van der Waals surface area contributed by atoms with E-state index in [1.165, 1.54) is 0 Å². The van der Waals surface area contributed by atoms with Gasteiger partial charge in [0.1, 0.15) is 12.2 Å². The SMILES string of the molecule is CN1CC[C@H](N(C)C(=O)N2CC(c3ccccc3)=C[C@@]2(CO)c2ccccc2)C[C@H]1CF. The number of benzene rings is 2. The van der Waals surface area contributed by atoms with Gasteiger partial charge in [-0.15, -0.1) is 0 Å². The highest BCUT2D eigenvalue weighted by Crippen LogP contribution is 2.41. The Bertz CT molecular complexity index is 952. The maximum Gasteiger partial charge on any atom is 0.321 e. The first-order valence-corrected chi connectivity index (χ1v) is 11.2. The number of carbonyl (C=O) groups excluding carboxylic acids is 1. The van der Waals surface area contributed by atoms with Gasteiger partial charge in [0, 0.05) is 32.2 Å². The molecule has 0 aromatic heterocycles. The second kappa shape index (κ2) is 9.43. The number of hydrogen-bond donors (Lipinski definition) is 1. The van der Waals surface area contributed by atoms with Gasteiger partial charge in [0.05, 0.1) is 6.61 Å². The summed E-state index contributed by atoms with van der Waals surface area (Å²) in [6, 6.07) is 19.3. The molecular weight excluding hydrogens is 405 g/mol. The van der Waals surface area contributed by atoms with Crippen LogP contribution in [0.5, 0.6) is 0 Å². The van der Waals surface area contributed by atoms with Gasteiger partial charge in [-0.2, -0.15) is 0 Å². The van der Waals surface area contributed by atoms with Crippen LogP contribution in [0.25, 0.3) is 5.57 Å². The molecule has 0 saturated carbocycles. The lowest BCUT2D eigenvalue weighted by Crippen LogP contribution is -2.56. The lowest BCUT2D eigenvalue weighted by molar-refractivity contribution is 0.0562. The second-order valence-electron chi connectivity index (χ2n) is 8.93. The van der Waals surface area contributed by atoms with Gasteiger partial charge < -0.3 is 19.8 Å². The van der Waals surface area contributed by atoms with Crippen LogP contribution in [0.4, 0.5) is 9.18 Å². The van der Waals surface area contributed by atoms with E-state index >= 15 is 0 Å². The predicted octanol–water partition coefficient (Wildman–Crippen LogP) is 3.76. The fourth-order valence-corrected chi connectivity index (χ4v) is 5.00. The first kappa shape index (κ1) is 22.5. The van der Waals surface area contributed by atoms with Gasteiger partial charge >= 0.3 is 6.03 Å². The third kappa shape index (κ3) is 4.05. The molecule has 0 spiro atoms. The predicted molar refractivity (Wildman–Crippen MR) is 125 cm³/mol. The molecule has 2 aliphatic heterocycles. The zero-order valence-electron chi connectivity index (χ0n) is 18.8. The van der Waals surface area contributed by atoms with Gasteiger partial charge in [-0.3, -0.25) is 0 Å². The fourth-order valence-electron chi connectivity index (χ4n) is 5.00. The second-order valence-corrected chi connectivity index (χ2v) is 8.93. The molecule has 170 valence electrons. The number of aliphatic hydroxyl groups excluding tert-OH is 1. The molecule has 3 atom stereocenters. The molecule has 2 aliphatic rings. The van der Waals surface area contributed by atoms with Crippen LogP contribution in [0.15, 0.2) is 66.7 Å². The van der Waals surface area contributed by atoms with Crippen LogP contribution in [0.3, 0.4) is 0 Å². The van der Waals surface area contributed by atoms with Gasteiger partial charge in [0.2, 0.25) is 0 Å². The first-order valence-electron chi connectivity index (χ1n) is 11.2. The summed E-state index contributed by atoms with van der Waals surface area (Å²) in [4.78, 5) is 19.4. The van der Waals surface area contributed by atoms with E-state index in [4.69, 9.17) is 0 Å². The third-order valence-corrected chi connectivity index (χ3v) is 7.12. The molecule has 2 amide bonds. The Morgan fingerprint density at radius 1 is 1.16 bits per heavy atom. The molecule has 0 bridgehead atoms. The average Bonchev–Trinajstić information content (AvgIpc) is 3.25. The smallest absolute Gasteiger partial charge is 0.321 e. The summed E-state index contributed by atoms with van der Waals surface area (Å²) in [5.41, 5.74) is 1.98. The molecule has 1 saturated heterocycles. The molecule has 1 N–H and O–H groups in total. The van der Waals surface area contributed by atoms with Crippen LogP contribution in [-0.2, 0) is 5.54 Å². The number of hydrogen-bond acceptors (Lipinski definition) is 3. The Hall–Kier alpha value is -2.70. The van der Waals surface area contributed by atoms with Gasteiger partial charge in [-0.1, -0.05) is 60.7 Å². The average molecular weight is 438 g/mol. The lowest BCUT2D eigenvalue weighted by atomic mass is 9.89. The molecule has 2 aromatic rings. The van der Waals surface area contributed by atoms with Crippen LogP contribution in [0.1, 0.15) is 24.0 Å². The molecule has 1 fully saturated rings. The van der Waals surface area contributed by atoms with Crippen molar-refractivity contribution in [3.8, 4) is 0 Å². The van der Waals surface area contributed by atoms with E-state index in [2.05, 4.69) is 0 Å². The molecule has 2 heterocycles. The standard InChI is InChI=1S/C26H32FN3O2/c1-28-14-13-23(15-24(28)17-27)29(2)25(32)30-18-21(20-9-5-3-6-10-20)16-26(30,19-31)22-11-7-4-8-12-22/h3-12,16,23-24,31H,13-15,17-19H2,1-2H3/t23-,24-,26+/m0/s1. The van der Waals surface area contributed by atoms with Gasteiger partial charge in [0.25, 0.3) is 0 Å². The molecule has 0 aliphatic carbocycles. The van der Waals surface area contributed by atoms with E-state index in [1.807, 2.05) is 78.7 Å². The summed E-state index contributed by atoms with van der Waals surface area (Å²) in [6.07, 6.45) is 3.45. The van der Waals surface area contributed by atoms with Crippen LogP contribution in [0.2, 0.25) is 0 Å². The number of alkyl halides is 1. The summed E-state index contributed by atoms with van der Waals surface area (Å²) in [5, 5.41) is 10.6. The van der Waals surface area contributed by atoms with Crippen molar-refractivity contribution in [3.05, 3.63) is 77.9 Å². The van der Waals surface area contributed by atoms with Crippen LogP contribution in [0, 0.1) is 0 Å².